The summed E-state index contributed by atoms with van der Waals surface area (Å²) in [6.45, 7) is 0. The van der Waals surface area contributed by atoms with E-state index in [0.29, 0.717) is 20.4 Å². The Bertz CT molecular complexity index is 828. The number of hydrogen-bond donors (Lipinski definition) is 1. The van der Waals surface area contributed by atoms with Crippen molar-refractivity contribution in [3.05, 3.63) is 69.0 Å². The first-order valence-electron chi connectivity index (χ1n) is 5.82. The molecule has 0 bridgehead atoms. The molecule has 0 aliphatic carbocycles. The topological polar surface area (TPSA) is 32.9 Å². The molecule has 20 heavy (non-hydrogen) atoms. The molecule has 0 radical (unpaired) electrons. The van der Waals surface area contributed by atoms with Crippen molar-refractivity contribution >= 4 is 44.2 Å². The van der Waals surface area contributed by atoms with E-state index in [0.717, 1.165) is 5.52 Å². The monoisotopic (exact) mass is 351 g/mol. The number of nitrogens with one attached hydrogen (secondary N) is 1. The van der Waals surface area contributed by atoms with Gasteiger partial charge in [-0.2, -0.15) is 0 Å². The lowest BCUT2D eigenvalue weighted by Gasteiger charge is -2.02. The number of aromatic amines is 1. The normalized spacial score (nSPS) is 10.9. The van der Waals surface area contributed by atoms with E-state index in [2.05, 4.69) is 20.9 Å². The number of ketones is 1. The Morgan fingerprint density at radius 2 is 1.95 bits per heavy atom. The average molecular weight is 353 g/mol. The number of carbonyl (C=O) groups excluding carboxylic acids is 1. The molecule has 0 spiro atoms. The van der Waals surface area contributed by atoms with Gasteiger partial charge in [0.05, 0.1) is 5.56 Å². The highest BCUT2D eigenvalue weighted by molar-refractivity contribution is 9.10. The number of H-pyrrole nitrogens is 1. The maximum absolute atomic E-state index is 13.9. The molecule has 1 N–H and O–H groups in total. The Morgan fingerprint density at radius 3 is 2.70 bits per heavy atom. The Balaban J connectivity index is 2.15. The van der Waals surface area contributed by atoms with Crippen LogP contribution in [0.3, 0.4) is 0 Å². The van der Waals surface area contributed by atoms with Crippen molar-refractivity contribution in [1.82, 2.24) is 4.98 Å². The fourth-order valence-corrected chi connectivity index (χ4v) is 2.60. The van der Waals surface area contributed by atoms with Gasteiger partial charge in [-0.1, -0.05) is 27.5 Å². The van der Waals surface area contributed by atoms with Crippen LogP contribution in [-0.4, -0.2) is 10.8 Å². The molecule has 0 saturated carbocycles. The van der Waals surface area contributed by atoms with Gasteiger partial charge in [-0.05, 0) is 36.4 Å². The van der Waals surface area contributed by atoms with Crippen LogP contribution in [0, 0.1) is 5.82 Å². The van der Waals surface area contributed by atoms with Gasteiger partial charge in [-0.25, -0.2) is 4.39 Å². The second-order valence-electron chi connectivity index (χ2n) is 4.35. The third-order valence-electron chi connectivity index (χ3n) is 3.06. The zero-order chi connectivity index (χ0) is 14.3. The van der Waals surface area contributed by atoms with Gasteiger partial charge in [0.1, 0.15) is 5.82 Å². The summed E-state index contributed by atoms with van der Waals surface area (Å²) in [4.78, 5) is 15.4. The van der Waals surface area contributed by atoms with Gasteiger partial charge in [0.2, 0.25) is 0 Å². The Hall–Kier alpha value is -1.65. The molecule has 0 aliphatic rings. The van der Waals surface area contributed by atoms with E-state index in [4.69, 9.17) is 11.6 Å². The summed E-state index contributed by atoms with van der Waals surface area (Å²) in [6, 6.07) is 9.58. The molecule has 5 heteroatoms. The van der Waals surface area contributed by atoms with Crippen molar-refractivity contribution < 1.29 is 9.18 Å². The number of carbonyl (C=O) groups is 1. The summed E-state index contributed by atoms with van der Waals surface area (Å²) in [5.74, 6) is -0.927. The minimum Gasteiger partial charge on any atom is -0.360 e. The average Bonchev–Trinajstić information content (AvgIpc) is 2.81. The highest BCUT2D eigenvalue weighted by Gasteiger charge is 2.18. The summed E-state index contributed by atoms with van der Waals surface area (Å²) in [7, 11) is 0. The predicted octanol–water partition coefficient (Wildman–Crippen LogP) is 4.95. The van der Waals surface area contributed by atoms with Gasteiger partial charge >= 0.3 is 0 Å². The first-order valence-corrected chi connectivity index (χ1v) is 7.00. The molecule has 0 saturated heterocycles. The molecule has 2 nitrogen and oxygen atoms in total. The number of hydrogen-bond acceptors (Lipinski definition) is 1. The van der Waals surface area contributed by atoms with E-state index in [1.807, 2.05) is 0 Å². The quantitative estimate of drug-likeness (QED) is 0.650. The van der Waals surface area contributed by atoms with Crippen LogP contribution < -0.4 is 0 Å². The summed E-state index contributed by atoms with van der Waals surface area (Å²) in [6.07, 6.45) is 1.57. The molecule has 3 aromatic rings. The van der Waals surface area contributed by atoms with Crippen LogP contribution in [0.2, 0.25) is 5.02 Å². The molecule has 0 amide bonds. The summed E-state index contributed by atoms with van der Waals surface area (Å²) < 4.78 is 14.5. The van der Waals surface area contributed by atoms with Crippen LogP contribution in [0.25, 0.3) is 10.9 Å². The van der Waals surface area contributed by atoms with Gasteiger partial charge in [-0.3, -0.25) is 4.79 Å². The first kappa shape index (κ1) is 13.3. The van der Waals surface area contributed by atoms with Crippen LogP contribution >= 0.6 is 27.5 Å². The molecule has 100 valence electrons. The summed E-state index contributed by atoms with van der Waals surface area (Å²) in [5.41, 5.74) is 1.23. The molecular formula is C15H8BrClFNO. The van der Waals surface area contributed by atoms with Gasteiger partial charge in [0, 0.05) is 32.2 Å². The smallest absolute Gasteiger partial charge is 0.198 e. The third-order valence-corrected chi connectivity index (χ3v) is 3.79. The predicted molar refractivity (Wildman–Crippen MR) is 80.8 cm³/mol. The van der Waals surface area contributed by atoms with E-state index in [1.54, 1.807) is 30.5 Å². The molecule has 3 rings (SSSR count). The zero-order valence-corrected chi connectivity index (χ0v) is 12.4. The van der Waals surface area contributed by atoms with Crippen molar-refractivity contribution in [2.45, 2.75) is 0 Å². The lowest BCUT2D eigenvalue weighted by Crippen LogP contribution is -2.03. The molecule has 0 fully saturated rings. The minimum atomic E-state index is -0.555. The fourth-order valence-electron chi connectivity index (χ4n) is 2.10. The van der Waals surface area contributed by atoms with Crippen molar-refractivity contribution in [1.29, 1.82) is 0 Å². The second-order valence-corrected chi connectivity index (χ2v) is 5.70. The van der Waals surface area contributed by atoms with Crippen LogP contribution in [-0.2, 0) is 0 Å². The number of halogens is 3. The highest BCUT2D eigenvalue weighted by Crippen LogP contribution is 2.26. The van der Waals surface area contributed by atoms with E-state index in [1.165, 1.54) is 12.1 Å². The lowest BCUT2D eigenvalue weighted by molar-refractivity contribution is 0.103. The molecule has 2 aromatic carbocycles. The molecule has 0 aliphatic heterocycles. The Morgan fingerprint density at radius 1 is 1.15 bits per heavy atom. The SMILES string of the molecule is O=C(c1ccc(Br)cc1F)c1c[nH]c2ccc(Cl)cc12. The van der Waals surface area contributed by atoms with Crippen molar-refractivity contribution in [3.63, 3.8) is 0 Å². The van der Waals surface area contributed by atoms with Crippen LogP contribution in [0.1, 0.15) is 15.9 Å². The van der Waals surface area contributed by atoms with Gasteiger partial charge in [0.25, 0.3) is 0 Å². The second kappa shape index (κ2) is 5.04. The van der Waals surface area contributed by atoms with Crippen LogP contribution in [0.4, 0.5) is 4.39 Å². The lowest BCUT2D eigenvalue weighted by atomic mass is 10.0. The van der Waals surface area contributed by atoms with Gasteiger partial charge < -0.3 is 4.98 Å². The van der Waals surface area contributed by atoms with E-state index >= 15 is 0 Å². The van der Waals surface area contributed by atoms with Crippen molar-refractivity contribution in [2.75, 3.05) is 0 Å². The van der Waals surface area contributed by atoms with Crippen LogP contribution in [0.5, 0.6) is 0 Å². The number of rotatable bonds is 2. The highest BCUT2D eigenvalue weighted by atomic mass is 79.9. The maximum Gasteiger partial charge on any atom is 0.198 e. The molecule has 1 heterocycles. The van der Waals surface area contributed by atoms with E-state index < -0.39 is 5.82 Å². The number of benzene rings is 2. The van der Waals surface area contributed by atoms with E-state index in [9.17, 15) is 9.18 Å². The van der Waals surface area contributed by atoms with Crippen molar-refractivity contribution in [2.24, 2.45) is 0 Å². The van der Waals surface area contributed by atoms with E-state index in [-0.39, 0.29) is 11.3 Å². The number of fused-ring (bicyclic) bond motifs is 1. The fraction of sp³-hybridized carbons (Fsp3) is 0. The minimum absolute atomic E-state index is 0.0362. The molecule has 0 unspecified atom stereocenters. The zero-order valence-electron chi connectivity index (χ0n) is 10.1. The Labute approximate surface area is 127 Å². The summed E-state index contributed by atoms with van der Waals surface area (Å²) >= 11 is 9.11. The summed E-state index contributed by atoms with van der Waals surface area (Å²) in [5, 5.41) is 1.22. The Kier molecular flexibility index (Phi) is 3.36. The third kappa shape index (κ3) is 2.25. The van der Waals surface area contributed by atoms with Gasteiger partial charge in [0.15, 0.2) is 5.78 Å². The standard InChI is InChI=1S/C15H8BrClFNO/c16-8-1-3-10(13(18)5-8)15(20)12-7-19-14-4-2-9(17)6-11(12)14/h1-7,19H. The molecule has 0 atom stereocenters. The maximum atomic E-state index is 13.9. The van der Waals surface area contributed by atoms with Crippen molar-refractivity contribution in [3.8, 4) is 0 Å². The first-order chi connectivity index (χ1) is 9.56. The number of aromatic nitrogens is 1. The molecular weight excluding hydrogens is 345 g/mol. The molecule has 1 aromatic heterocycles. The van der Waals surface area contributed by atoms with Crippen LogP contribution in [0.15, 0.2) is 47.1 Å². The largest absolute Gasteiger partial charge is 0.360 e. The van der Waals surface area contributed by atoms with Gasteiger partial charge in [-0.15, -0.1) is 0 Å².